The van der Waals surface area contributed by atoms with Gasteiger partial charge in [0.15, 0.2) is 0 Å². The zero-order chi connectivity index (χ0) is 12.2. The molecule has 0 spiro atoms. The molecule has 1 rings (SSSR count). The van der Waals surface area contributed by atoms with Crippen molar-refractivity contribution in [2.24, 2.45) is 11.7 Å². The molecule has 1 amide bonds. The number of carbonyl (C=O) groups is 1. The summed E-state index contributed by atoms with van der Waals surface area (Å²) < 4.78 is 0. The first-order chi connectivity index (χ1) is 7.45. The first-order valence-electron chi connectivity index (χ1n) is 6.55. The topological polar surface area (TPSA) is 55.1 Å². The maximum atomic E-state index is 12.0. The first kappa shape index (κ1) is 16.7. The van der Waals surface area contributed by atoms with Crippen LogP contribution in [0.2, 0.25) is 0 Å². The Labute approximate surface area is 111 Å². The Balaban J connectivity index is 0.00000256. The number of carbonyl (C=O) groups excluding carboxylic acids is 1. The van der Waals surface area contributed by atoms with E-state index in [4.69, 9.17) is 5.73 Å². The van der Waals surface area contributed by atoms with E-state index in [1.807, 2.05) is 6.92 Å². The SMILES string of the molecule is CCCC(C)(N)C(=O)NC1CCCC(C)C1.Cl. The molecule has 4 heteroatoms. The lowest BCUT2D eigenvalue weighted by molar-refractivity contribution is -0.127. The number of hydrogen-bond acceptors (Lipinski definition) is 2. The van der Waals surface area contributed by atoms with Crippen LogP contribution in [-0.4, -0.2) is 17.5 Å². The minimum absolute atomic E-state index is 0. The number of rotatable bonds is 4. The Hall–Kier alpha value is -0.280. The molecule has 0 aliphatic heterocycles. The van der Waals surface area contributed by atoms with Crippen LogP contribution in [0.1, 0.15) is 59.3 Å². The van der Waals surface area contributed by atoms with Gasteiger partial charge in [-0.25, -0.2) is 0 Å². The molecule has 1 aliphatic rings. The second-order valence-electron chi connectivity index (χ2n) is 5.61. The van der Waals surface area contributed by atoms with E-state index < -0.39 is 5.54 Å². The average molecular weight is 263 g/mol. The molecule has 0 heterocycles. The summed E-state index contributed by atoms with van der Waals surface area (Å²) >= 11 is 0. The summed E-state index contributed by atoms with van der Waals surface area (Å²) in [5.41, 5.74) is 5.31. The zero-order valence-electron chi connectivity index (χ0n) is 11.3. The molecule has 0 saturated heterocycles. The molecule has 0 aromatic heterocycles. The molecule has 0 radical (unpaired) electrons. The lowest BCUT2D eigenvalue weighted by Crippen LogP contribution is -2.54. The normalized spacial score (nSPS) is 27.8. The van der Waals surface area contributed by atoms with Crippen LogP contribution in [0, 0.1) is 5.92 Å². The van der Waals surface area contributed by atoms with Gasteiger partial charge in [0.1, 0.15) is 0 Å². The highest BCUT2D eigenvalue weighted by Crippen LogP contribution is 2.24. The van der Waals surface area contributed by atoms with Crippen molar-refractivity contribution in [3.63, 3.8) is 0 Å². The van der Waals surface area contributed by atoms with Crippen LogP contribution in [0.4, 0.5) is 0 Å². The summed E-state index contributed by atoms with van der Waals surface area (Å²) in [6.07, 6.45) is 6.43. The largest absolute Gasteiger partial charge is 0.352 e. The van der Waals surface area contributed by atoms with Crippen molar-refractivity contribution >= 4 is 18.3 Å². The van der Waals surface area contributed by atoms with Gasteiger partial charge in [-0.15, -0.1) is 12.4 Å². The quantitative estimate of drug-likeness (QED) is 0.818. The van der Waals surface area contributed by atoms with Crippen LogP contribution in [0.15, 0.2) is 0 Å². The molecule has 1 saturated carbocycles. The first-order valence-corrected chi connectivity index (χ1v) is 6.55. The summed E-state index contributed by atoms with van der Waals surface area (Å²) in [6.45, 7) is 6.14. The monoisotopic (exact) mass is 262 g/mol. The van der Waals surface area contributed by atoms with E-state index in [1.165, 1.54) is 12.8 Å². The molecule has 3 N–H and O–H groups in total. The van der Waals surface area contributed by atoms with Gasteiger partial charge in [-0.05, 0) is 32.1 Å². The van der Waals surface area contributed by atoms with Gasteiger partial charge in [-0.2, -0.15) is 0 Å². The van der Waals surface area contributed by atoms with Gasteiger partial charge in [0.05, 0.1) is 5.54 Å². The summed E-state index contributed by atoms with van der Waals surface area (Å²) in [4.78, 5) is 12.0. The number of amides is 1. The van der Waals surface area contributed by atoms with Crippen molar-refractivity contribution < 1.29 is 4.79 Å². The van der Waals surface area contributed by atoms with Crippen LogP contribution in [-0.2, 0) is 4.79 Å². The second-order valence-corrected chi connectivity index (χ2v) is 5.61. The highest BCUT2D eigenvalue weighted by Gasteiger charge is 2.30. The van der Waals surface area contributed by atoms with E-state index in [0.29, 0.717) is 6.04 Å². The molecule has 17 heavy (non-hydrogen) atoms. The Morgan fingerprint density at radius 1 is 1.47 bits per heavy atom. The van der Waals surface area contributed by atoms with Gasteiger partial charge in [0, 0.05) is 6.04 Å². The predicted octanol–water partition coefficient (Wildman–Crippen LogP) is 2.62. The molecular weight excluding hydrogens is 236 g/mol. The molecule has 0 aromatic carbocycles. The maximum absolute atomic E-state index is 12.0. The lowest BCUT2D eigenvalue weighted by Gasteiger charge is -2.31. The highest BCUT2D eigenvalue weighted by molar-refractivity contribution is 5.86. The maximum Gasteiger partial charge on any atom is 0.240 e. The average Bonchev–Trinajstić information content (AvgIpc) is 2.17. The number of nitrogens with one attached hydrogen (secondary N) is 1. The predicted molar refractivity (Wildman–Crippen MR) is 74.3 cm³/mol. The Kier molecular flexibility index (Phi) is 7.10. The smallest absolute Gasteiger partial charge is 0.240 e. The lowest BCUT2D eigenvalue weighted by atomic mass is 9.86. The van der Waals surface area contributed by atoms with Crippen molar-refractivity contribution in [2.75, 3.05) is 0 Å². The van der Waals surface area contributed by atoms with E-state index in [9.17, 15) is 4.79 Å². The van der Waals surface area contributed by atoms with Gasteiger partial charge in [0.2, 0.25) is 5.91 Å². The van der Waals surface area contributed by atoms with Gasteiger partial charge in [-0.3, -0.25) is 4.79 Å². The third-order valence-electron chi connectivity index (χ3n) is 3.56. The molecule has 3 nitrogen and oxygen atoms in total. The van der Waals surface area contributed by atoms with Crippen molar-refractivity contribution in [1.29, 1.82) is 0 Å². The fourth-order valence-electron chi connectivity index (χ4n) is 2.55. The van der Waals surface area contributed by atoms with E-state index in [1.54, 1.807) is 0 Å². The van der Waals surface area contributed by atoms with Gasteiger partial charge in [0.25, 0.3) is 0 Å². The number of hydrogen-bond donors (Lipinski definition) is 2. The summed E-state index contributed by atoms with van der Waals surface area (Å²) in [5, 5.41) is 3.11. The molecule has 3 unspecified atom stereocenters. The van der Waals surface area contributed by atoms with E-state index in [-0.39, 0.29) is 18.3 Å². The van der Waals surface area contributed by atoms with Crippen LogP contribution in [0.3, 0.4) is 0 Å². The third-order valence-corrected chi connectivity index (χ3v) is 3.56. The van der Waals surface area contributed by atoms with Crippen molar-refractivity contribution in [2.45, 2.75) is 70.9 Å². The van der Waals surface area contributed by atoms with Crippen LogP contribution < -0.4 is 11.1 Å². The molecule has 1 aliphatic carbocycles. The third kappa shape index (κ3) is 5.26. The summed E-state index contributed by atoms with van der Waals surface area (Å²) in [5.74, 6) is 0.753. The van der Waals surface area contributed by atoms with Crippen LogP contribution in [0.5, 0.6) is 0 Å². The fourth-order valence-corrected chi connectivity index (χ4v) is 2.55. The Morgan fingerprint density at radius 2 is 2.12 bits per heavy atom. The molecule has 3 atom stereocenters. The molecule has 1 fully saturated rings. The summed E-state index contributed by atoms with van der Waals surface area (Å²) in [6, 6.07) is 0.344. The van der Waals surface area contributed by atoms with Crippen LogP contribution >= 0.6 is 12.4 Å². The van der Waals surface area contributed by atoms with Gasteiger partial charge < -0.3 is 11.1 Å². The standard InChI is InChI=1S/C13H26N2O.ClH/c1-4-8-13(3,14)12(16)15-11-7-5-6-10(2)9-11;/h10-11H,4-9,14H2,1-3H3,(H,15,16);1H. The van der Waals surface area contributed by atoms with E-state index >= 15 is 0 Å². The van der Waals surface area contributed by atoms with Gasteiger partial charge >= 0.3 is 0 Å². The number of nitrogens with two attached hydrogens (primary N) is 1. The highest BCUT2D eigenvalue weighted by atomic mass is 35.5. The minimum Gasteiger partial charge on any atom is -0.352 e. The second kappa shape index (κ2) is 7.22. The van der Waals surface area contributed by atoms with Crippen molar-refractivity contribution in [3.8, 4) is 0 Å². The molecule has 0 bridgehead atoms. The molecular formula is C13H27ClN2O. The fraction of sp³-hybridized carbons (Fsp3) is 0.923. The molecule has 102 valence electrons. The Bertz CT molecular complexity index is 244. The van der Waals surface area contributed by atoms with Gasteiger partial charge in [-0.1, -0.05) is 33.1 Å². The van der Waals surface area contributed by atoms with Crippen molar-refractivity contribution in [1.82, 2.24) is 5.32 Å². The summed E-state index contributed by atoms with van der Waals surface area (Å²) in [7, 11) is 0. The molecule has 0 aromatic rings. The zero-order valence-corrected chi connectivity index (χ0v) is 12.1. The van der Waals surface area contributed by atoms with E-state index in [2.05, 4.69) is 19.2 Å². The van der Waals surface area contributed by atoms with E-state index in [0.717, 1.165) is 31.6 Å². The minimum atomic E-state index is -0.699. The van der Waals surface area contributed by atoms with Crippen molar-refractivity contribution in [3.05, 3.63) is 0 Å². The van der Waals surface area contributed by atoms with Crippen LogP contribution in [0.25, 0.3) is 0 Å². The number of halogens is 1. The Morgan fingerprint density at radius 3 is 2.65 bits per heavy atom.